The third-order valence-corrected chi connectivity index (χ3v) is 3.26. The van der Waals surface area contributed by atoms with Crippen molar-refractivity contribution in [3.63, 3.8) is 0 Å². The van der Waals surface area contributed by atoms with Gasteiger partial charge in [-0.25, -0.2) is 0 Å². The van der Waals surface area contributed by atoms with E-state index in [1.807, 2.05) is 39.1 Å². The number of nitrogens with one attached hydrogen (secondary N) is 1. The zero-order valence-electron chi connectivity index (χ0n) is 12.0. The highest BCUT2D eigenvalue weighted by Gasteiger charge is 2.33. The first-order valence-electron chi connectivity index (χ1n) is 5.95. The lowest BCUT2D eigenvalue weighted by atomic mass is 9.90. The molecular formula is C14H23NO3. The molecule has 0 amide bonds. The van der Waals surface area contributed by atoms with Gasteiger partial charge in [0.2, 0.25) is 0 Å². The van der Waals surface area contributed by atoms with E-state index in [1.165, 1.54) is 0 Å². The summed E-state index contributed by atoms with van der Waals surface area (Å²) in [5.74, 6) is 1.58. The van der Waals surface area contributed by atoms with Crippen LogP contribution in [0.4, 0.5) is 0 Å². The number of rotatable bonds is 6. The van der Waals surface area contributed by atoms with Gasteiger partial charge in [0.25, 0.3) is 0 Å². The summed E-state index contributed by atoms with van der Waals surface area (Å²) in [6.45, 7) is 4.06. The van der Waals surface area contributed by atoms with E-state index < -0.39 is 0 Å². The summed E-state index contributed by atoms with van der Waals surface area (Å²) in [5, 5.41) is 3.27. The van der Waals surface area contributed by atoms with Crippen LogP contribution >= 0.6 is 0 Å². The lowest BCUT2D eigenvalue weighted by Crippen LogP contribution is -2.39. The van der Waals surface area contributed by atoms with Gasteiger partial charge in [-0.1, -0.05) is 6.07 Å². The van der Waals surface area contributed by atoms with Gasteiger partial charge in [0.05, 0.1) is 31.4 Å². The second kappa shape index (κ2) is 6.07. The Morgan fingerprint density at radius 1 is 1.06 bits per heavy atom. The quantitative estimate of drug-likeness (QED) is 0.845. The summed E-state index contributed by atoms with van der Waals surface area (Å²) < 4.78 is 16.4. The van der Waals surface area contributed by atoms with Crippen LogP contribution in [0.3, 0.4) is 0 Å². The van der Waals surface area contributed by atoms with Gasteiger partial charge in [-0.15, -0.1) is 0 Å². The molecule has 1 aromatic carbocycles. The number of hydrogen-bond acceptors (Lipinski definition) is 4. The Balaban J connectivity index is 3.35. The Morgan fingerprint density at radius 3 is 1.89 bits per heavy atom. The van der Waals surface area contributed by atoms with E-state index in [0.29, 0.717) is 0 Å². The Labute approximate surface area is 109 Å². The highest BCUT2D eigenvalue weighted by Crippen LogP contribution is 2.39. The molecule has 1 unspecified atom stereocenters. The van der Waals surface area contributed by atoms with Crippen LogP contribution in [0.5, 0.6) is 11.5 Å². The van der Waals surface area contributed by atoms with Gasteiger partial charge < -0.3 is 19.5 Å². The molecule has 0 fully saturated rings. The molecule has 1 N–H and O–H groups in total. The first-order chi connectivity index (χ1) is 8.51. The van der Waals surface area contributed by atoms with Crippen molar-refractivity contribution in [2.24, 2.45) is 0 Å². The fourth-order valence-electron chi connectivity index (χ4n) is 2.12. The predicted octanol–water partition coefficient (Wildman–Crippen LogP) is 2.39. The van der Waals surface area contributed by atoms with Gasteiger partial charge in [-0.2, -0.15) is 0 Å². The SMILES string of the molecule is CNC(c1c(OC)cccc1OC)C(C)(C)OC. The molecule has 0 spiro atoms. The fraction of sp³-hybridized carbons (Fsp3) is 0.571. The molecule has 0 saturated heterocycles. The molecule has 0 bridgehead atoms. The highest BCUT2D eigenvalue weighted by molar-refractivity contribution is 5.48. The van der Waals surface area contributed by atoms with Crippen molar-refractivity contribution in [1.82, 2.24) is 5.32 Å². The van der Waals surface area contributed by atoms with Gasteiger partial charge in [0.15, 0.2) is 0 Å². The third-order valence-electron chi connectivity index (χ3n) is 3.26. The van der Waals surface area contributed by atoms with Crippen LogP contribution in [-0.4, -0.2) is 34.0 Å². The van der Waals surface area contributed by atoms with Gasteiger partial charge in [-0.05, 0) is 33.0 Å². The van der Waals surface area contributed by atoms with Gasteiger partial charge in [0.1, 0.15) is 11.5 Å². The molecule has 4 nitrogen and oxygen atoms in total. The van der Waals surface area contributed by atoms with Crippen molar-refractivity contribution in [3.8, 4) is 11.5 Å². The monoisotopic (exact) mass is 253 g/mol. The maximum atomic E-state index is 5.57. The molecule has 1 aromatic rings. The van der Waals surface area contributed by atoms with Crippen LogP contribution in [0.15, 0.2) is 18.2 Å². The summed E-state index contributed by atoms with van der Waals surface area (Å²) in [4.78, 5) is 0. The highest BCUT2D eigenvalue weighted by atomic mass is 16.5. The molecule has 0 aliphatic rings. The molecular weight excluding hydrogens is 230 g/mol. The third kappa shape index (κ3) is 2.76. The first-order valence-corrected chi connectivity index (χ1v) is 5.95. The molecule has 102 valence electrons. The molecule has 0 saturated carbocycles. The summed E-state index contributed by atoms with van der Waals surface area (Å²) in [5.41, 5.74) is 0.591. The molecule has 0 aromatic heterocycles. The maximum absolute atomic E-state index is 5.57. The van der Waals surface area contributed by atoms with E-state index in [9.17, 15) is 0 Å². The minimum atomic E-state index is -0.378. The lowest BCUT2D eigenvalue weighted by Gasteiger charge is -2.34. The van der Waals surface area contributed by atoms with Crippen LogP contribution in [0, 0.1) is 0 Å². The van der Waals surface area contributed by atoms with Crippen LogP contribution < -0.4 is 14.8 Å². The van der Waals surface area contributed by atoms with Crippen LogP contribution in [0.25, 0.3) is 0 Å². The van der Waals surface area contributed by atoms with Crippen LogP contribution in [-0.2, 0) is 4.74 Å². The Bertz CT molecular complexity index is 368. The first kappa shape index (κ1) is 14.8. The maximum Gasteiger partial charge on any atom is 0.127 e. The molecule has 1 rings (SSSR count). The van der Waals surface area contributed by atoms with Crippen molar-refractivity contribution >= 4 is 0 Å². The average Bonchev–Trinajstić information content (AvgIpc) is 2.39. The Hall–Kier alpha value is -1.26. The topological polar surface area (TPSA) is 39.7 Å². The summed E-state index contributed by atoms with van der Waals surface area (Å²) in [6.07, 6.45) is 0. The number of benzene rings is 1. The largest absolute Gasteiger partial charge is 0.496 e. The van der Waals surface area contributed by atoms with E-state index >= 15 is 0 Å². The smallest absolute Gasteiger partial charge is 0.127 e. The zero-order valence-corrected chi connectivity index (χ0v) is 12.0. The van der Waals surface area contributed by atoms with Gasteiger partial charge in [0, 0.05) is 7.11 Å². The molecule has 0 radical (unpaired) electrons. The minimum absolute atomic E-state index is 0.0337. The standard InChI is InChI=1S/C14H23NO3/c1-14(2,18-6)13(15-3)12-10(16-4)8-7-9-11(12)17-5/h7-9,13,15H,1-6H3. The molecule has 0 aliphatic heterocycles. The molecule has 1 atom stereocenters. The number of likely N-dealkylation sites (N-methyl/N-ethyl adjacent to an activating group) is 1. The summed E-state index contributed by atoms with van der Waals surface area (Å²) in [7, 11) is 6.92. The Kier molecular flexibility index (Phi) is 4.99. The lowest BCUT2D eigenvalue weighted by molar-refractivity contribution is -0.0102. The van der Waals surface area contributed by atoms with Crippen molar-refractivity contribution in [1.29, 1.82) is 0 Å². The van der Waals surface area contributed by atoms with Gasteiger partial charge >= 0.3 is 0 Å². The second-order valence-electron chi connectivity index (χ2n) is 4.61. The average molecular weight is 253 g/mol. The molecule has 0 aliphatic carbocycles. The van der Waals surface area contributed by atoms with Crippen molar-refractivity contribution in [2.75, 3.05) is 28.4 Å². The van der Waals surface area contributed by atoms with Crippen LogP contribution in [0.1, 0.15) is 25.5 Å². The summed E-state index contributed by atoms with van der Waals surface area (Å²) >= 11 is 0. The molecule has 4 heteroatoms. The van der Waals surface area contributed by atoms with Crippen molar-refractivity contribution in [2.45, 2.75) is 25.5 Å². The fourth-order valence-corrected chi connectivity index (χ4v) is 2.12. The number of hydrogen-bond donors (Lipinski definition) is 1. The minimum Gasteiger partial charge on any atom is -0.496 e. The predicted molar refractivity (Wildman–Crippen MR) is 72.4 cm³/mol. The Morgan fingerprint density at radius 2 is 1.56 bits per heavy atom. The van der Waals surface area contributed by atoms with E-state index in [0.717, 1.165) is 17.1 Å². The number of methoxy groups -OCH3 is 3. The normalized spacial score (nSPS) is 13.2. The zero-order chi connectivity index (χ0) is 13.8. The summed E-state index contributed by atoms with van der Waals surface area (Å²) in [6, 6.07) is 5.73. The van der Waals surface area contributed by atoms with Crippen molar-refractivity contribution in [3.05, 3.63) is 23.8 Å². The molecule has 18 heavy (non-hydrogen) atoms. The van der Waals surface area contributed by atoms with Crippen molar-refractivity contribution < 1.29 is 14.2 Å². The molecule has 0 heterocycles. The van der Waals surface area contributed by atoms with E-state index in [-0.39, 0.29) is 11.6 Å². The van der Waals surface area contributed by atoms with Crippen LogP contribution in [0.2, 0.25) is 0 Å². The van der Waals surface area contributed by atoms with Gasteiger partial charge in [-0.3, -0.25) is 0 Å². The van der Waals surface area contributed by atoms with E-state index in [4.69, 9.17) is 14.2 Å². The number of ether oxygens (including phenoxy) is 3. The second-order valence-corrected chi connectivity index (χ2v) is 4.61. The van der Waals surface area contributed by atoms with E-state index in [1.54, 1.807) is 21.3 Å². The van der Waals surface area contributed by atoms with E-state index in [2.05, 4.69) is 5.32 Å².